The van der Waals surface area contributed by atoms with Crippen LogP contribution in [0.2, 0.25) is 0 Å². The Morgan fingerprint density at radius 3 is 2.52 bits per heavy atom. The number of hydrogen-bond acceptors (Lipinski definition) is 5. The highest BCUT2D eigenvalue weighted by molar-refractivity contribution is 5.74. The molecule has 0 aromatic heterocycles. The van der Waals surface area contributed by atoms with E-state index in [9.17, 15) is 9.59 Å². The number of rotatable bonds is 9. The summed E-state index contributed by atoms with van der Waals surface area (Å²) in [4.78, 5) is 26.9. The molecule has 1 aromatic rings. The Kier molecular flexibility index (Phi) is 7.29. The number of nitrogens with one attached hydrogen (secondary N) is 1. The maximum Gasteiger partial charge on any atom is 0.317 e. The van der Waals surface area contributed by atoms with Crippen molar-refractivity contribution < 1.29 is 24.2 Å². The number of hydrogen-bond donors (Lipinski definition) is 2. The average molecular weight is 379 g/mol. The number of methoxy groups -OCH3 is 2. The molecule has 0 aliphatic heterocycles. The highest BCUT2D eigenvalue weighted by Crippen LogP contribution is 2.27. The molecule has 0 bridgehead atoms. The number of amides is 2. The van der Waals surface area contributed by atoms with E-state index in [4.69, 9.17) is 14.6 Å². The van der Waals surface area contributed by atoms with Crippen molar-refractivity contribution in [1.82, 2.24) is 15.1 Å². The maximum atomic E-state index is 12.4. The quantitative estimate of drug-likeness (QED) is 0.680. The number of nitrogens with zero attached hydrogens (tertiary/aromatic N) is 2. The second-order valence-corrected chi connectivity index (χ2v) is 6.76. The SMILES string of the molecule is CCN(CC(=O)O)C1CC(NC(=O)N(C)Cc2ccc(OC)cc2OC)C1. The summed E-state index contributed by atoms with van der Waals surface area (Å²) in [6.45, 7) is 3.09. The Bertz CT molecular complexity index is 661. The van der Waals surface area contributed by atoms with Crippen molar-refractivity contribution >= 4 is 12.0 Å². The van der Waals surface area contributed by atoms with E-state index in [1.54, 1.807) is 32.2 Å². The van der Waals surface area contributed by atoms with Gasteiger partial charge < -0.3 is 24.8 Å². The summed E-state index contributed by atoms with van der Waals surface area (Å²) in [5.74, 6) is 0.549. The Morgan fingerprint density at radius 2 is 1.96 bits per heavy atom. The van der Waals surface area contributed by atoms with Crippen LogP contribution in [0.5, 0.6) is 11.5 Å². The van der Waals surface area contributed by atoms with Crippen LogP contribution < -0.4 is 14.8 Å². The molecule has 2 rings (SSSR count). The van der Waals surface area contributed by atoms with Crippen LogP contribution >= 0.6 is 0 Å². The van der Waals surface area contributed by atoms with Gasteiger partial charge in [-0.2, -0.15) is 0 Å². The molecule has 150 valence electrons. The van der Waals surface area contributed by atoms with Crippen LogP contribution in [0.25, 0.3) is 0 Å². The van der Waals surface area contributed by atoms with E-state index < -0.39 is 5.97 Å². The van der Waals surface area contributed by atoms with Crippen LogP contribution in [0.15, 0.2) is 18.2 Å². The van der Waals surface area contributed by atoms with Gasteiger partial charge in [0.15, 0.2) is 0 Å². The first kappa shape index (κ1) is 20.8. The molecule has 0 atom stereocenters. The van der Waals surface area contributed by atoms with Gasteiger partial charge in [-0.1, -0.05) is 6.92 Å². The van der Waals surface area contributed by atoms with Crippen LogP contribution in [-0.4, -0.2) is 73.3 Å². The highest BCUT2D eigenvalue weighted by atomic mass is 16.5. The fraction of sp³-hybridized carbons (Fsp3) is 0.579. The molecule has 27 heavy (non-hydrogen) atoms. The Morgan fingerprint density at radius 1 is 1.26 bits per heavy atom. The highest BCUT2D eigenvalue weighted by Gasteiger charge is 2.35. The van der Waals surface area contributed by atoms with E-state index in [0.717, 1.165) is 18.4 Å². The molecule has 8 heteroatoms. The van der Waals surface area contributed by atoms with Gasteiger partial charge in [0.1, 0.15) is 11.5 Å². The minimum Gasteiger partial charge on any atom is -0.497 e. The van der Waals surface area contributed by atoms with Gasteiger partial charge >= 0.3 is 12.0 Å². The van der Waals surface area contributed by atoms with E-state index in [0.29, 0.717) is 24.6 Å². The van der Waals surface area contributed by atoms with Crippen molar-refractivity contribution in [2.24, 2.45) is 0 Å². The van der Waals surface area contributed by atoms with Crippen molar-refractivity contribution in [3.63, 3.8) is 0 Å². The van der Waals surface area contributed by atoms with E-state index in [2.05, 4.69) is 5.32 Å². The minimum absolute atomic E-state index is 0.0407. The summed E-state index contributed by atoms with van der Waals surface area (Å²) < 4.78 is 10.6. The predicted octanol–water partition coefficient (Wildman–Crippen LogP) is 1.78. The number of aliphatic carboxylic acids is 1. The van der Waals surface area contributed by atoms with Gasteiger partial charge in [-0.05, 0) is 31.5 Å². The molecule has 1 aromatic carbocycles. The first-order chi connectivity index (χ1) is 12.9. The lowest BCUT2D eigenvalue weighted by molar-refractivity contribution is -0.139. The maximum absolute atomic E-state index is 12.4. The first-order valence-electron chi connectivity index (χ1n) is 9.06. The number of carboxylic acid groups (broad SMARTS) is 1. The Labute approximate surface area is 160 Å². The summed E-state index contributed by atoms with van der Waals surface area (Å²) in [6, 6.07) is 5.64. The minimum atomic E-state index is -0.822. The third-order valence-corrected chi connectivity index (χ3v) is 4.95. The lowest BCUT2D eigenvalue weighted by Gasteiger charge is -2.42. The second-order valence-electron chi connectivity index (χ2n) is 6.76. The molecular formula is C19H29N3O5. The summed E-state index contributed by atoms with van der Waals surface area (Å²) in [7, 11) is 4.91. The van der Waals surface area contributed by atoms with E-state index in [1.807, 2.05) is 24.0 Å². The van der Waals surface area contributed by atoms with Crippen LogP contribution in [0.4, 0.5) is 4.79 Å². The van der Waals surface area contributed by atoms with E-state index >= 15 is 0 Å². The summed E-state index contributed by atoms with van der Waals surface area (Å²) in [5.41, 5.74) is 0.890. The van der Waals surface area contributed by atoms with Crippen molar-refractivity contribution in [3.05, 3.63) is 23.8 Å². The number of carboxylic acids is 1. The number of likely N-dealkylation sites (N-methyl/N-ethyl adjacent to an activating group) is 1. The zero-order chi connectivity index (χ0) is 20.0. The molecule has 2 N–H and O–H groups in total. The standard InChI is InChI=1S/C19H29N3O5/c1-5-22(12-18(23)24)15-8-14(9-15)20-19(25)21(2)11-13-6-7-16(26-3)10-17(13)27-4/h6-7,10,14-15H,5,8-9,11-12H2,1-4H3,(H,20,25)(H,23,24). The zero-order valence-electron chi connectivity index (χ0n) is 16.4. The van der Waals surface area contributed by atoms with E-state index in [1.165, 1.54) is 0 Å². The molecule has 0 radical (unpaired) electrons. The largest absolute Gasteiger partial charge is 0.497 e. The zero-order valence-corrected chi connectivity index (χ0v) is 16.4. The molecule has 1 saturated carbocycles. The number of carbonyl (C=O) groups is 2. The van der Waals surface area contributed by atoms with Crippen LogP contribution in [-0.2, 0) is 11.3 Å². The molecule has 1 fully saturated rings. The molecule has 1 aliphatic carbocycles. The van der Waals surface area contributed by atoms with Crippen molar-refractivity contribution in [2.45, 2.75) is 38.4 Å². The molecule has 0 saturated heterocycles. The third-order valence-electron chi connectivity index (χ3n) is 4.95. The number of urea groups is 1. The van der Waals surface area contributed by atoms with Crippen LogP contribution in [0, 0.1) is 0 Å². The summed E-state index contributed by atoms with van der Waals surface area (Å²) in [6.07, 6.45) is 1.54. The topological polar surface area (TPSA) is 91.3 Å². The second kappa shape index (κ2) is 9.45. The third kappa shape index (κ3) is 5.50. The molecule has 0 unspecified atom stereocenters. The van der Waals surface area contributed by atoms with Crippen molar-refractivity contribution in [3.8, 4) is 11.5 Å². The van der Waals surface area contributed by atoms with Crippen molar-refractivity contribution in [1.29, 1.82) is 0 Å². The molecular weight excluding hydrogens is 350 g/mol. The van der Waals surface area contributed by atoms with Gasteiger partial charge in [0.05, 0.1) is 27.3 Å². The van der Waals surface area contributed by atoms with Gasteiger partial charge in [-0.15, -0.1) is 0 Å². The molecule has 0 heterocycles. The number of carbonyl (C=O) groups excluding carboxylic acids is 1. The molecule has 8 nitrogen and oxygen atoms in total. The summed E-state index contributed by atoms with van der Waals surface area (Å²) in [5, 5.41) is 12.0. The fourth-order valence-corrected chi connectivity index (χ4v) is 3.27. The first-order valence-corrected chi connectivity index (χ1v) is 9.06. The van der Waals surface area contributed by atoms with Gasteiger partial charge in [0.2, 0.25) is 0 Å². The summed E-state index contributed by atoms with van der Waals surface area (Å²) >= 11 is 0. The van der Waals surface area contributed by atoms with Gasteiger partial charge in [0, 0.05) is 30.8 Å². The number of ether oxygens (including phenoxy) is 2. The van der Waals surface area contributed by atoms with Crippen LogP contribution in [0.1, 0.15) is 25.3 Å². The fourth-order valence-electron chi connectivity index (χ4n) is 3.27. The van der Waals surface area contributed by atoms with Gasteiger partial charge in [-0.3, -0.25) is 9.69 Å². The van der Waals surface area contributed by atoms with Gasteiger partial charge in [-0.25, -0.2) is 4.79 Å². The number of benzene rings is 1. The predicted molar refractivity (Wildman–Crippen MR) is 101 cm³/mol. The van der Waals surface area contributed by atoms with E-state index in [-0.39, 0.29) is 24.7 Å². The van der Waals surface area contributed by atoms with Gasteiger partial charge in [0.25, 0.3) is 0 Å². The Hall–Kier alpha value is -2.48. The monoisotopic (exact) mass is 379 g/mol. The van der Waals surface area contributed by atoms with Crippen molar-refractivity contribution in [2.75, 3.05) is 34.4 Å². The molecule has 1 aliphatic rings. The lowest BCUT2D eigenvalue weighted by atomic mass is 9.85. The molecule has 0 spiro atoms. The van der Waals surface area contributed by atoms with Crippen LogP contribution in [0.3, 0.4) is 0 Å². The normalized spacial score (nSPS) is 18.6. The lowest BCUT2D eigenvalue weighted by Crippen LogP contribution is -2.56. The Balaban J connectivity index is 1.84. The molecule has 2 amide bonds. The average Bonchev–Trinajstić information content (AvgIpc) is 2.62. The smallest absolute Gasteiger partial charge is 0.317 e.